The lowest BCUT2D eigenvalue weighted by molar-refractivity contribution is -0.131. The van der Waals surface area contributed by atoms with Crippen LogP contribution in [0.25, 0.3) is 0 Å². The van der Waals surface area contributed by atoms with Gasteiger partial charge in [0.15, 0.2) is 0 Å². The minimum atomic E-state index is -1.14. The molecule has 2 N–H and O–H groups in total. The predicted molar refractivity (Wildman–Crippen MR) is 80.0 cm³/mol. The molecule has 0 heterocycles. The summed E-state index contributed by atoms with van der Waals surface area (Å²) in [5.41, 5.74) is 2.89. The van der Waals surface area contributed by atoms with Crippen molar-refractivity contribution in [2.45, 2.75) is 39.5 Å². The Kier molecular flexibility index (Phi) is 5.50. The topological polar surface area (TPSA) is 66.4 Å². The van der Waals surface area contributed by atoms with Gasteiger partial charge in [-0.25, -0.2) is 4.79 Å². The molecule has 0 radical (unpaired) electrons. The Bertz CT molecular complexity index is 504. The minimum absolute atomic E-state index is 0.271. The maximum Gasteiger partial charge on any atom is 0.328 e. The molecule has 4 heteroatoms. The molecule has 0 spiro atoms. The van der Waals surface area contributed by atoms with E-state index in [4.69, 9.17) is 5.11 Å². The molecule has 1 amide bonds. The normalized spacial score (nSPS) is 11.3. The zero-order chi connectivity index (χ0) is 15.3. The number of para-hydroxylation sites is 1. The number of hydrogen-bond donors (Lipinski definition) is 2. The highest BCUT2D eigenvalue weighted by atomic mass is 16.4. The summed E-state index contributed by atoms with van der Waals surface area (Å²) in [5, 5.41) is 11.4. The van der Waals surface area contributed by atoms with Crippen LogP contribution < -0.4 is 5.32 Å². The first-order valence-corrected chi connectivity index (χ1v) is 6.67. The zero-order valence-electron chi connectivity index (χ0n) is 12.3. The molecule has 1 aromatic carbocycles. The maximum absolute atomic E-state index is 11.8. The Morgan fingerprint density at radius 3 is 1.95 bits per heavy atom. The van der Waals surface area contributed by atoms with Gasteiger partial charge in [-0.05, 0) is 23.0 Å². The molecule has 0 aliphatic carbocycles. The van der Waals surface area contributed by atoms with Gasteiger partial charge in [0.25, 0.3) is 0 Å². The summed E-state index contributed by atoms with van der Waals surface area (Å²) in [5.74, 6) is -1.02. The minimum Gasteiger partial charge on any atom is -0.478 e. The van der Waals surface area contributed by atoms with E-state index in [9.17, 15) is 9.59 Å². The lowest BCUT2D eigenvalue weighted by Gasteiger charge is -2.19. The van der Waals surface area contributed by atoms with Gasteiger partial charge in [-0.2, -0.15) is 0 Å². The molecule has 0 aliphatic rings. The van der Waals surface area contributed by atoms with Gasteiger partial charge in [0.05, 0.1) is 0 Å². The Hall–Kier alpha value is -2.10. The summed E-state index contributed by atoms with van der Waals surface area (Å²) in [6, 6.07) is 5.94. The number of carbonyl (C=O) groups excluding carboxylic acids is 1. The highest BCUT2D eigenvalue weighted by molar-refractivity contribution is 6.03. The highest BCUT2D eigenvalue weighted by Gasteiger charge is 2.14. The van der Waals surface area contributed by atoms with E-state index >= 15 is 0 Å². The fourth-order valence-corrected chi connectivity index (χ4v) is 2.01. The molecule has 0 unspecified atom stereocenters. The van der Waals surface area contributed by atoms with Gasteiger partial charge >= 0.3 is 5.97 Å². The van der Waals surface area contributed by atoms with Crippen molar-refractivity contribution < 1.29 is 14.7 Å². The van der Waals surface area contributed by atoms with Crippen LogP contribution >= 0.6 is 0 Å². The molecule has 1 rings (SSSR count). The molecule has 0 aromatic heterocycles. The largest absolute Gasteiger partial charge is 0.478 e. The second-order valence-electron chi connectivity index (χ2n) is 5.28. The highest BCUT2D eigenvalue weighted by Crippen LogP contribution is 2.32. The molecule has 4 nitrogen and oxygen atoms in total. The second-order valence-corrected chi connectivity index (χ2v) is 5.28. The van der Waals surface area contributed by atoms with Crippen molar-refractivity contribution in [1.82, 2.24) is 0 Å². The molecular formula is C16H21NO3. The molecule has 0 fully saturated rings. The number of carboxylic acid groups (broad SMARTS) is 1. The third-order valence-electron chi connectivity index (χ3n) is 3.00. The summed E-state index contributed by atoms with van der Waals surface area (Å²) in [4.78, 5) is 22.2. The van der Waals surface area contributed by atoms with Crippen molar-refractivity contribution in [1.29, 1.82) is 0 Å². The Morgan fingerprint density at radius 1 is 1.05 bits per heavy atom. The summed E-state index contributed by atoms with van der Waals surface area (Å²) in [6.45, 7) is 8.23. The van der Waals surface area contributed by atoms with Crippen LogP contribution in [0.2, 0.25) is 0 Å². The van der Waals surface area contributed by atoms with E-state index in [1.165, 1.54) is 0 Å². The standard InChI is InChI=1S/C16H21NO3/c1-10(2)12-6-5-7-13(11(3)4)16(12)17-14(18)8-9-15(19)20/h5-11H,1-4H3,(H,17,18)(H,19,20)/b9-8+. The van der Waals surface area contributed by atoms with E-state index in [0.29, 0.717) is 0 Å². The lowest BCUT2D eigenvalue weighted by Crippen LogP contribution is -2.13. The monoisotopic (exact) mass is 275 g/mol. The molecule has 0 atom stereocenters. The molecule has 108 valence electrons. The van der Waals surface area contributed by atoms with Crippen molar-refractivity contribution in [2.24, 2.45) is 0 Å². The number of carboxylic acids is 1. The summed E-state index contributed by atoms with van der Waals surface area (Å²) < 4.78 is 0. The second kappa shape index (κ2) is 6.89. The van der Waals surface area contributed by atoms with Crippen LogP contribution in [0.3, 0.4) is 0 Å². The van der Waals surface area contributed by atoms with Crippen molar-refractivity contribution in [3.63, 3.8) is 0 Å². The smallest absolute Gasteiger partial charge is 0.328 e. The first kappa shape index (κ1) is 16.0. The first-order chi connectivity index (χ1) is 9.32. The van der Waals surface area contributed by atoms with Crippen molar-refractivity contribution in [3.8, 4) is 0 Å². The van der Waals surface area contributed by atoms with E-state index in [1.807, 2.05) is 18.2 Å². The molecule has 0 saturated carbocycles. The fourth-order valence-electron chi connectivity index (χ4n) is 2.01. The van der Waals surface area contributed by atoms with Crippen molar-refractivity contribution >= 4 is 17.6 Å². The molecule has 0 bridgehead atoms. The van der Waals surface area contributed by atoms with E-state index in [0.717, 1.165) is 29.0 Å². The first-order valence-electron chi connectivity index (χ1n) is 6.67. The zero-order valence-corrected chi connectivity index (χ0v) is 12.3. The quantitative estimate of drug-likeness (QED) is 0.808. The van der Waals surface area contributed by atoms with E-state index in [1.54, 1.807) is 0 Å². The van der Waals surface area contributed by atoms with Crippen LogP contribution in [0.4, 0.5) is 5.69 Å². The Labute approximate surface area is 119 Å². The van der Waals surface area contributed by atoms with E-state index in [2.05, 4.69) is 33.0 Å². The average molecular weight is 275 g/mol. The average Bonchev–Trinajstić information content (AvgIpc) is 2.36. The van der Waals surface area contributed by atoms with Crippen molar-refractivity contribution in [3.05, 3.63) is 41.5 Å². The number of aliphatic carboxylic acids is 1. The number of amides is 1. The van der Waals surface area contributed by atoms with Crippen molar-refractivity contribution in [2.75, 3.05) is 5.32 Å². The number of hydrogen-bond acceptors (Lipinski definition) is 2. The Balaban J connectivity index is 3.14. The van der Waals surface area contributed by atoms with Gasteiger partial charge < -0.3 is 10.4 Å². The third-order valence-corrected chi connectivity index (χ3v) is 3.00. The van der Waals surface area contributed by atoms with Crippen LogP contribution in [0.1, 0.15) is 50.7 Å². The molecule has 1 aromatic rings. The predicted octanol–water partition coefficient (Wildman–Crippen LogP) is 3.51. The van der Waals surface area contributed by atoms with E-state index < -0.39 is 11.9 Å². The van der Waals surface area contributed by atoms with Crippen LogP contribution in [0.5, 0.6) is 0 Å². The van der Waals surface area contributed by atoms with Crippen LogP contribution in [0.15, 0.2) is 30.4 Å². The maximum atomic E-state index is 11.8. The van der Waals surface area contributed by atoms with Crippen LogP contribution in [0, 0.1) is 0 Å². The SMILES string of the molecule is CC(C)c1cccc(C(C)C)c1NC(=O)/C=C/C(=O)O. The van der Waals surface area contributed by atoms with Crippen LogP contribution in [-0.2, 0) is 9.59 Å². The lowest BCUT2D eigenvalue weighted by atomic mass is 9.92. The van der Waals surface area contributed by atoms with Gasteiger partial charge in [0.1, 0.15) is 0 Å². The summed E-state index contributed by atoms with van der Waals surface area (Å²) in [6.07, 6.45) is 1.87. The molecular weight excluding hydrogens is 254 g/mol. The van der Waals surface area contributed by atoms with Gasteiger partial charge in [0, 0.05) is 17.8 Å². The summed E-state index contributed by atoms with van der Waals surface area (Å²) in [7, 11) is 0. The summed E-state index contributed by atoms with van der Waals surface area (Å²) >= 11 is 0. The molecule has 0 saturated heterocycles. The fraction of sp³-hybridized carbons (Fsp3) is 0.375. The van der Waals surface area contributed by atoms with Crippen LogP contribution in [-0.4, -0.2) is 17.0 Å². The van der Waals surface area contributed by atoms with E-state index in [-0.39, 0.29) is 11.8 Å². The van der Waals surface area contributed by atoms with Gasteiger partial charge in [0.2, 0.25) is 5.91 Å². The third kappa shape index (κ3) is 4.23. The Morgan fingerprint density at radius 2 is 1.55 bits per heavy atom. The number of benzene rings is 1. The number of nitrogens with one attached hydrogen (secondary N) is 1. The molecule has 0 aliphatic heterocycles. The molecule has 20 heavy (non-hydrogen) atoms. The van der Waals surface area contributed by atoms with Gasteiger partial charge in [-0.3, -0.25) is 4.79 Å². The number of rotatable bonds is 5. The van der Waals surface area contributed by atoms with Gasteiger partial charge in [-0.15, -0.1) is 0 Å². The number of anilines is 1. The van der Waals surface area contributed by atoms with Gasteiger partial charge in [-0.1, -0.05) is 45.9 Å². The number of carbonyl (C=O) groups is 2.